The van der Waals surface area contributed by atoms with Gasteiger partial charge in [0, 0.05) is 7.05 Å². The molecule has 1 atom stereocenters. The van der Waals surface area contributed by atoms with Crippen molar-refractivity contribution >= 4 is 30.4 Å². The Labute approximate surface area is 91.3 Å². The van der Waals surface area contributed by atoms with E-state index in [1.54, 1.807) is 24.3 Å². The molecule has 1 unspecified atom stereocenters. The highest BCUT2D eigenvalue weighted by Gasteiger charge is 2.00. The summed E-state index contributed by atoms with van der Waals surface area (Å²) in [7, 11) is 6.97. The van der Waals surface area contributed by atoms with Crippen molar-refractivity contribution < 1.29 is 24.0 Å². The second-order valence-corrected chi connectivity index (χ2v) is 2.93. The summed E-state index contributed by atoms with van der Waals surface area (Å²) in [5, 5.41) is 1.11. The molecule has 0 spiro atoms. The van der Waals surface area contributed by atoms with Crippen molar-refractivity contribution in [1.82, 2.24) is 0 Å². The van der Waals surface area contributed by atoms with Crippen LogP contribution in [0.5, 0.6) is 0 Å². The molecule has 2 radical (unpaired) electrons. The van der Waals surface area contributed by atoms with Crippen molar-refractivity contribution in [1.29, 1.82) is 0 Å². The van der Waals surface area contributed by atoms with Gasteiger partial charge < -0.3 is 15.5 Å². The molecular weight excluding hydrogens is 221 g/mol. The van der Waals surface area contributed by atoms with Gasteiger partial charge in [-0.05, 0) is 12.1 Å². The number of benzene rings is 1. The summed E-state index contributed by atoms with van der Waals surface area (Å²) in [6.45, 7) is 0. The van der Waals surface area contributed by atoms with Gasteiger partial charge in [0.2, 0.25) is 0 Å². The molecular formula is C7H11BNO5S-. The van der Waals surface area contributed by atoms with Crippen molar-refractivity contribution in [3.8, 4) is 0 Å². The zero-order valence-electron chi connectivity index (χ0n) is 7.97. The topological polar surface area (TPSA) is 116 Å². The summed E-state index contributed by atoms with van der Waals surface area (Å²) in [6.07, 6.45) is 0. The van der Waals surface area contributed by atoms with Gasteiger partial charge in [-0.3, -0.25) is 0 Å². The molecule has 1 rings (SSSR count). The van der Waals surface area contributed by atoms with Crippen LogP contribution in [0, 0.1) is 0 Å². The minimum Gasteiger partial charge on any atom is -0.748 e. The maximum absolute atomic E-state index is 10.2. The van der Waals surface area contributed by atoms with Crippen LogP contribution in [0.25, 0.3) is 0 Å². The zero-order valence-corrected chi connectivity index (χ0v) is 8.78. The van der Waals surface area contributed by atoms with Crippen LogP contribution in [-0.2, 0) is 15.6 Å². The minimum atomic E-state index is -2.57. The lowest BCUT2D eigenvalue weighted by Gasteiger charge is -2.19. The van der Waals surface area contributed by atoms with Gasteiger partial charge >= 0.3 is 0 Å². The van der Waals surface area contributed by atoms with E-state index in [2.05, 4.69) is 4.28 Å². The van der Waals surface area contributed by atoms with Gasteiger partial charge in [0.1, 0.15) is 19.2 Å². The molecule has 0 aliphatic rings. The van der Waals surface area contributed by atoms with Gasteiger partial charge in [0.25, 0.3) is 0 Å². The normalized spacial score (nSPS) is 10.8. The van der Waals surface area contributed by atoms with Crippen LogP contribution in [0.2, 0.25) is 0 Å². The molecule has 0 fully saturated rings. The Morgan fingerprint density at radius 1 is 1.47 bits per heavy atom. The molecule has 1 aromatic rings. The van der Waals surface area contributed by atoms with Gasteiger partial charge in [-0.1, -0.05) is 17.6 Å². The number of hydrogen-bond acceptors (Lipinski definition) is 4. The number of anilines is 1. The summed E-state index contributed by atoms with van der Waals surface area (Å²) < 4.78 is 24.7. The van der Waals surface area contributed by atoms with E-state index in [1.165, 1.54) is 7.05 Å². The standard InChI is InChI=1S/C7H8BNO3S.2H2O/c1-9(12-13(10)11)7-4-2-3-6(8)5-7;;/h2-5H,1H3,(H,10,11);2*1H2/p-1. The third-order valence-corrected chi connectivity index (χ3v) is 1.75. The van der Waals surface area contributed by atoms with Crippen molar-refractivity contribution in [2.45, 2.75) is 0 Å². The molecule has 1 aromatic carbocycles. The van der Waals surface area contributed by atoms with Crippen LogP contribution in [0.1, 0.15) is 0 Å². The Morgan fingerprint density at radius 2 is 2.07 bits per heavy atom. The van der Waals surface area contributed by atoms with Crippen molar-refractivity contribution in [3.63, 3.8) is 0 Å². The molecule has 8 heteroatoms. The van der Waals surface area contributed by atoms with E-state index >= 15 is 0 Å². The van der Waals surface area contributed by atoms with Crippen LogP contribution in [0.4, 0.5) is 5.69 Å². The second kappa shape index (κ2) is 7.38. The van der Waals surface area contributed by atoms with Crippen LogP contribution in [0.15, 0.2) is 24.3 Å². The molecule has 0 aliphatic heterocycles. The Balaban J connectivity index is 0. The average Bonchev–Trinajstić information content (AvgIpc) is 2.03. The quantitative estimate of drug-likeness (QED) is 0.340. The molecule has 0 saturated heterocycles. The smallest absolute Gasteiger partial charge is 0.113 e. The Kier molecular flexibility index (Phi) is 8.12. The predicted octanol–water partition coefficient (Wildman–Crippen LogP) is -2.01. The first-order chi connectivity index (χ1) is 6.09. The van der Waals surface area contributed by atoms with E-state index < -0.39 is 11.4 Å². The van der Waals surface area contributed by atoms with Gasteiger partial charge in [-0.25, -0.2) is 9.27 Å². The third-order valence-electron chi connectivity index (χ3n) is 1.41. The first-order valence-corrected chi connectivity index (χ1v) is 4.46. The van der Waals surface area contributed by atoms with Gasteiger partial charge in [-0.15, -0.1) is 0 Å². The lowest BCUT2D eigenvalue weighted by molar-refractivity contribution is 0.289. The van der Waals surface area contributed by atoms with E-state index in [1.807, 2.05) is 0 Å². The van der Waals surface area contributed by atoms with Crippen LogP contribution in [0.3, 0.4) is 0 Å². The Hall–Kier alpha value is -0.925. The second-order valence-electron chi connectivity index (χ2n) is 2.37. The summed E-state index contributed by atoms with van der Waals surface area (Å²) in [4.78, 5) is 0. The van der Waals surface area contributed by atoms with Crippen LogP contribution >= 0.6 is 0 Å². The van der Waals surface area contributed by atoms with Gasteiger partial charge in [-0.2, -0.15) is 4.28 Å². The van der Waals surface area contributed by atoms with Crippen LogP contribution in [-0.4, -0.2) is 34.6 Å². The minimum absolute atomic E-state index is 0. The van der Waals surface area contributed by atoms with E-state index in [0.717, 1.165) is 5.06 Å². The Bertz CT molecular complexity index is 324. The highest BCUT2D eigenvalue weighted by Crippen LogP contribution is 2.09. The molecule has 0 bridgehead atoms. The lowest BCUT2D eigenvalue weighted by atomic mass is 9.96. The lowest BCUT2D eigenvalue weighted by Crippen LogP contribution is -2.20. The monoisotopic (exact) mass is 232 g/mol. The molecule has 0 heterocycles. The highest BCUT2D eigenvalue weighted by molar-refractivity contribution is 7.74. The zero-order chi connectivity index (χ0) is 9.84. The van der Waals surface area contributed by atoms with Gasteiger partial charge in [0.15, 0.2) is 0 Å². The van der Waals surface area contributed by atoms with E-state index in [4.69, 9.17) is 7.85 Å². The van der Waals surface area contributed by atoms with Crippen molar-refractivity contribution in [2.24, 2.45) is 0 Å². The Morgan fingerprint density at radius 3 is 2.53 bits per heavy atom. The number of rotatable bonds is 3. The third kappa shape index (κ3) is 5.50. The molecule has 84 valence electrons. The fourth-order valence-electron chi connectivity index (χ4n) is 0.855. The average molecular weight is 232 g/mol. The molecule has 0 aromatic heterocycles. The molecule has 15 heavy (non-hydrogen) atoms. The van der Waals surface area contributed by atoms with Gasteiger partial charge in [0.05, 0.1) is 5.69 Å². The predicted molar refractivity (Wildman–Crippen MR) is 57.5 cm³/mol. The molecule has 4 N–H and O–H groups in total. The molecule has 6 nitrogen and oxygen atoms in total. The van der Waals surface area contributed by atoms with E-state index in [9.17, 15) is 8.76 Å². The first-order valence-electron chi connectivity index (χ1n) is 3.46. The maximum Gasteiger partial charge on any atom is 0.113 e. The number of nitrogens with zero attached hydrogens (tertiary/aromatic N) is 1. The largest absolute Gasteiger partial charge is 0.748 e. The highest BCUT2D eigenvalue weighted by atomic mass is 32.2. The first kappa shape index (κ1) is 16.5. The number of hydroxylamine groups is 1. The summed E-state index contributed by atoms with van der Waals surface area (Å²) >= 11 is -2.57. The number of hydrogen-bond donors (Lipinski definition) is 0. The SMILES string of the molecule is O.O.[B]c1cccc(N(C)OS(=O)[O-])c1. The maximum atomic E-state index is 10.2. The molecule has 0 aliphatic carbocycles. The molecule has 0 amide bonds. The summed E-state index contributed by atoms with van der Waals surface area (Å²) in [6, 6.07) is 6.69. The van der Waals surface area contributed by atoms with E-state index in [-0.39, 0.29) is 11.0 Å². The summed E-state index contributed by atoms with van der Waals surface area (Å²) in [5.41, 5.74) is 1.12. The van der Waals surface area contributed by atoms with Crippen LogP contribution < -0.4 is 10.5 Å². The van der Waals surface area contributed by atoms with Crippen molar-refractivity contribution in [2.75, 3.05) is 12.1 Å². The van der Waals surface area contributed by atoms with E-state index in [0.29, 0.717) is 11.2 Å². The molecule has 0 saturated carbocycles. The van der Waals surface area contributed by atoms with Crippen molar-refractivity contribution in [3.05, 3.63) is 24.3 Å². The summed E-state index contributed by atoms with van der Waals surface area (Å²) in [5.74, 6) is 0. The fourth-order valence-corrected chi connectivity index (χ4v) is 1.12. The fraction of sp³-hybridized carbons (Fsp3) is 0.143.